The van der Waals surface area contributed by atoms with Gasteiger partial charge in [-0.25, -0.2) is 9.97 Å². The maximum absolute atomic E-state index is 4.80. The Morgan fingerprint density at radius 3 is 2.70 bits per heavy atom. The number of hydrogen-bond acceptors (Lipinski definition) is 4. The van der Waals surface area contributed by atoms with Crippen LogP contribution < -0.4 is 0 Å². The summed E-state index contributed by atoms with van der Waals surface area (Å²) < 4.78 is 1.24. The zero-order valence-corrected chi connectivity index (χ0v) is 12.9. The molecule has 0 spiro atoms. The van der Waals surface area contributed by atoms with Crippen LogP contribution in [0.5, 0.6) is 0 Å². The van der Waals surface area contributed by atoms with E-state index in [1.807, 2.05) is 30.6 Å². The summed E-state index contributed by atoms with van der Waals surface area (Å²) in [5.41, 5.74) is 1.91. The fourth-order valence-corrected chi connectivity index (χ4v) is 3.97. The van der Waals surface area contributed by atoms with E-state index in [4.69, 9.17) is 4.98 Å². The van der Waals surface area contributed by atoms with Crippen molar-refractivity contribution >= 4 is 42.5 Å². The summed E-state index contributed by atoms with van der Waals surface area (Å²) in [6, 6.07) is 18.5. The third kappa shape index (κ3) is 1.92. The lowest BCUT2D eigenvalue weighted by atomic mass is 10.1. The topological polar surface area (TPSA) is 38.7 Å². The van der Waals surface area contributed by atoms with Gasteiger partial charge in [0.25, 0.3) is 0 Å². The molecule has 0 bridgehead atoms. The molecule has 3 aromatic heterocycles. The highest BCUT2D eigenvalue weighted by Crippen LogP contribution is 2.33. The van der Waals surface area contributed by atoms with Crippen LogP contribution in [0, 0.1) is 0 Å². The molecule has 0 unspecified atom stereocenters. The van der Waals surface area contributed by atoms with Gasteiger partial charge < -0.3 is 0 Å². The van der Waals surface area contributed by atoms with Crippen LogP contribution in [-0.2, 0) is 0 Å². The Balaban J connectivity index is 1.81. The van der Waals surface area contributed by atoms with Crippen molar-refractivity contribution in [2.24, 2.45) is 0 Å². The molecule has 5 aromatic rings. The van der Waals surface area contributed by atoms with Crippen molar-refractivity contribution < 1.29 is 0 Å². The van der Waals surface area contributed by atoms with Crippen molar-refractivity contribution in [3.05, 3.63) is 67.0 Å². The smallest absolute Gasteiger partial charge is 0.162 e. The molecule has 0 saturated carbocycles. The summed E-state index contributed by atoms with van der Waals surface area (Å²) >= 11 is 1.70. The van der Waals surface area contributed by atoms with E-state index in [0.29, 0.717) is 0 Å². The molecule has 4 heteroatoms. The molecule has 0 aliphatic heterocycles. The second kappa shape index (κ2) is 4.83. The third-order valence-corrected chi connectivity index (χ3v) is 5.09. The average molecular weight is 313 g/mol. The molecule has 0 fully saturated rings. The lowest BCUT2D eigenvalue weighted by Crippen LogP contribution is -1.90. The summed E-state index contributed by atoms with van der Waals surface area (Å²) in [6.07, 6.45) is 3.74. The van der Waals surface area contributed by atoms with Gasteiger partial charge in [0.2, 0.25) is 0 Å². The van der Waals surface area contributed by atoms with Crippen molar-refractivity contribution in [3.8, 4) is 11.4 Å². The van der Waals surface area contributed by atoms with Crippen molar-refractivity contribution in [1.29, 1.82) is 0 Å². The summed E-state index contributed by atoms with van der Waals surface area (Å²) in [4.78, 5) is 14.9. The molecule has 0 N–H and O–H groups in total. The predicted octanol–water partition coefficient (Wildman–Crippen LogP) is 5.06. The molecule has 0 amide bonds. The van der Waals surface area contributed by atoms with Crippen molar-refractivity contribution in [2.45, 2.75) is 0 Å². The van der Waals surface area contributed by atoms with E-state index in [1.165, 1.54) is 10.1 Å². The Morgan fingerprint density at radius 1 is 0.783 bits per heavy atom. The van der Waals surface area contributed by atoms with Gasteiger partial charge in [-0.3, -0.25) is 4.98 Å². The van der Waals surface area contributed by atoms with Crippen LogP contribution in [0.4, 0.5) is 0 Å². The normalized spacial score (nSPS) is 11.5. The maximum Gasteiger partial charge on any atom is 0.162 e. The predicted molar refractivity (Wildman–Crippen MR) is 95.7 cm³/mol. The van der Waals surface area contributed by atoms with Crippen molar-refractivity contribution in [2.75, 3.05) is 0 Å². The monoisotopic (exact) mass is 313 g/mol. The number of nitrogens with zero attached hydrogens (tertiary/aromatic N) is 3. The van der Waals surface area contributed by atoms with E-state index in [1.54, 1.807) is 11.3 Å². The third-order valence-electron chi connectivity index (χ3n) is 4.01. The Bertz CT molecular complexity index is 1170. The number of aromatic nitrogens is 3. The van der Waals surface area contributed by atoms with E-state index < -0.39 is 0 Å². The molecular weight excluding hydrogens is 302 g/mol. The number of benzene rings is 2. The summed E-state index contributed by atoms with van der Waals surface area (Å²) in [7, 11) is 0. The van der Waals surface area contributed by atoms with E-state index in [9.17, 15) is 0 Å². The first kappa shape index (κ1) is 12.7. The first-order valence-electron chi connectivity index (χ1n) is 7.38. The van der Waals surface area contributed by atoms with Gasteiger partial charge in [0.15, 0.2) is 5.82 Å². The molecule has 108 valence electrons. The summed E-state index contributed by atoms with van der Waals surface area (Å²) in [6.45, 7) is 0. The molecule has 3 heterocycles. The van der Waals surface area contributed by atoms with Gasteiger partial charge in [-0.2, -0.15) is 0 Å². The summed E-state index contributed by atoms with van der Waals surface area (Å²) in [5.74, 6) is 0.730. The van der Waals surface area contributed by atoms with E-state index in [-0.39, 0.29) is 0 Å². The van der Waals surface area contributed by atoms with E-state index in [2.05, 4.69) is 46.4 Å². The van der Waals surface area contributed by atoms with Crippen LogP contribution >= 0.6 is 11.3 Å². The standard InChI is InChI=1S/C19H11N3S/c1-2-9-16-13(7-1)15-11-21-18(22-19(15)23-16)14-8-3-5-12-6-4-10-20-17(12)14/h1-11H. The van der Waals surface area contributed by atoms with Gasteiger partial charge in [-0.05, 0) is 18.2 Å². The maximum atomic E-state index is 4.80. The molecule has 5 rings (SSSR count). The van der Waals surface area contributed by atoms with Crippen LogP contribution in [0.15, 0.2) is 67.0 Å². The molecule has 0 saturated heterocycles. The Kier molecular flexibility index (Phi) is 2.66. The lowest BCUT2D eigenvalue weighted by Gasteiger charge is -2.04. The number of para-hydroxylation sites is 1. The highest BCUT2D eigenvalue weighted by Gasteiger charge is 2.11. The molecule has 23 heavy (non-hydrogen) atoms. The summed E-state index contributed by atoms with van der Waals surface area (Å²) in [5, 5.41) is 3.43. The zero-order chi connectivity index (χ0) is 15.2. The molecule has 0 radical (unpaired) electrons. The SMILES string of the molecule is c1cnc2c(-c3ncc4c(n3)sc3ccccc34)cccc2c1. The van der Waals surface area contributed by atoms with Crippen LogP contribution in [0.1, 0.15) is 0 Å². The van der Waals surface area contributed by atoms with E-state index in [0.717, 1.165) is 32.5 Å². The minimum atomic E-state index is 0.730. The van der Waals surface area contributed by atoms with Gasteiger partial charge in [-0.15, -0.1) is 11.3 Å². The first-order valence-corrected chi connectivity index (χ1v) is 8.20. The number of hydrogen-bond donors (Lipinski definition) is 0. The first-order chi connectivity index (χ1) is 11.4. The molecule has 0 atom stereocenters. The number of thiophene rings is 1. The molecule has 2 aromatic carbocycles. The zero-order valence-electron chi connectivity index (χ0n) is 12.1. The van der Waals surface area contributed by atoms with Gasteiger partial charge in [0.1, 0.15) is 4.83 Å². The van der Waals surface area contributed by atoms with Crippen LogP contribution in [0.25, 0.3) is 42.6 Å². The van der Waals surface area contributed by atoms with Gasteiger partial charge >= 0.3 is 0 Å². The van der Waals surface area contributed by atoms with Crippen LogP contribution in [0.2, 0.25) is 0 Å². The van der Waals surface area contributed by atoms with Crippen molar-refractivity contribution in [3.63, 3.8) is 0 Å². The number of pyridine rings is 1. The Labute approximate surface area is 136 Å². The number of fused-ring (bicyclic) bond motifs is 4. The molecule has 0 aliphatic rings. The largest absolute Gasteiger partial charge is 0.255 e. The lowest BCUT2D eigenvalue weighted by molar-refractivity contribution is 1.24. The molecule has 3 nitrogen and oxygen atoms in total. The fraction of sp³-hybridized carbons (Fsp3) is 0. The minimum absolute atomic E-state index is 0.730. The van der Waals surface area contributed by atoms with Gasteiger partial charge in [-0.1, -0.05) is 36.4 Å². The molecule has 0 aliphatic carbocycles. The molecular formula is C19H11N3S. The highest BCUT2D eigenvalue weighted by atomic mass is 32.1. The second-order valence-corrected chi connectivity index (χ2v) is 6.42. The number of rotatable bonds is 1. The Morgan fingerprint density at radius 2 is 1.70 bits per heavy atom. The van der Waals surface area contributed by atoms with E-state index >= 15 is 0 Å². The van der Waals surface area contributed by atoms with Gasteiger partial charge in [0.05, 0.1) is 5.52 Å². The second-order valence-electron chi connectivity index (χ2n) is 5.39. The van der Waals surface area contributed by atoms with Crippen LogP contribution in [0.3, 0.4) is 0 Å². The highest BCUT2D eigenvalue weighted by molar-refractivity contribution is 7.25. The fourth-order valence-electron chi connectivity index (χ4n) is 2.93. The van der Waals surface area contributed by atoms with Gasteiger partial charge in [0, 0.05) is 38.8 Å². The Hall–Kier alpha value is -2.85. The van der Waals surface area contributed by atoms with Crippen LogP contribution in [-0.4, -0.2) is 15.0 Å². The average Bonchev–Trinajstić information content (AvgIpc) is 2.99. The minimum Gasteiger partial charge on any atom is -0.255 e. The van der Waals surface area contributed by atoms with Crippen molar-refractivity contribution in [1.82, 2.24) is 15.0 Å². The quantitative estimate of drug-likeness (QED) is 0.434.